The Labute approximate surface area is 64.7 Å². The Balaban J connectivity index is 2.25. The van der Waals surface area contributed by atoms with E-state index in [1.165, 1.54) is 0 Å². The molecule has 2 nitrogen and oxygen atoms in total. The monoisotopic (exact) mass is 165 g/mol. The molecule has 1 saturated carbocycles. The molecule has 0 aromatic heterocycles. The second kappa shape index (κ2) is 2.68. The van der Waals surface area contributed by atoms with Crippen LogP contribution in [-0.4, -0.2) is 25.2 Å². The Morgan fingerprint density at radius 1 is 1.45 bits per heavy atom. The van der Waals surface area contributed by atoms with Crippen molar-refractivity contribution in [1.29, 1.82) is 0 Å². The van der Waals surface area contributed by atoms with Crippen LogP contribution in [0, 0.1) is 0 Å². The summed E-state index contributed by atoms with van der Waals surface area (Å²) in [7, 11) is 1.54. The van der Waals surface area contributed by atoms with E-state index in [-0.39, 0.29) is 12.8 Å². The molecule has 0 amide bonds. The minimum absolute atomic E-state index is 0.191. The number of hydrogen-bond acceptors (Lipinski definition) is 2. The number of rotatable bonds is 3. The van der Waals surface area contributed by atoms with Crippen LogP contribution in [0.2, 0.25) is 0 Å². The molecule has 0 bridgehead atoms. The highest BCUT2D eigenvalue weighted by Crippen LogP contribution is 2.45. The molecule has 1 aliphatic carbocycles. The Morgan fingerprint density at radius 2 is 2.00 bits per heavy atom. The van der Waals surface area contributed by atoms with Crippen molar-refractivity contribution in [3.8, 4) is 0 Å². The zero-order valence-electron chi connectivity index (χ0n) is 6.57. The van der Waals surface area contributed by atoms with Crippen LogP contribution in [0.5, 0.6) is 0 Å². The Bertz CT molecular complexity index is 141. The van der Waals surface area contributed by atoms with Crippen LogP contribution in [0.15, 0.2) is 0 Å². The van der Waals surface area contributed by atoms with Gasteiger partial charge in [-0.1, -0.05) is 0 Å². The molecule has 4 heteroatoms. The van der Waals surface area contributed by atoms with Crippen LogP contribution < -0.4 is 5.73 Å². The number of hydrogen-bond donors (Lipinski definition) is 1. The van der Waals surface area contributed by atoms with Crippen LogP contribution in [0.4, 0.5) is 8.78 Å². The van der Waals surface area contributed by atoms with Gasteiger partial charge in [-0.05, 0) is 6.42 Å². The lowest BCUT2D eigenvalue weighted by Gasteiger charge is -2.44. The van der Waals surface area contributed by atoms with Crippen LogP contribution >= 0.6 is 0 Å². The molecule has 0 radical (unpaired) electrons. The second-order valence-electron chi connectivity index (χ2n) is 3.31. The fourth-order valence-electron chi connectivity index (χ4n) is 1.46. The number of halogens is 2. The summed E-state index contributed by atoms with van der Waals surface area (Å²) in [6, 6.07) is 0. The van der Waals surface area contributed by atoms with E-state index in [4.69, 9.17) is 10.5 Å². The van der Waals surface area contributed by atoms with Crippen molar-refractivity contribution in [2.24, 2.45) is 5.73 Å². The minimum Gasteiger partial charge on any atom is -0.385 e. The lowest BCUT2D eigenvalue weighted by Crippen LogP contribution is -2.58. The Hall–Kier alpha value is -0.220. The zero-order chi connectivity index (χ0) is 8.54. The van der Waals surface area contributed by atoms with E-state index in [0.717, 1.165) is 0 Å². The highest BCUT2D eigenvalue weighted by Gasteiger charge is 2.53. The minimum atomic E-state index is -2.53. The van der Waals surface area contributed by atoms with Crippen molar-refractivity contribution in [2.75, 3.05) is 13.7 Å². The normalized spacial score (nSPS) is 26.2. The molecule has 11 heavy (non-hydrogen) atoms. The van der Waals surface area contributed by atoms with Gasteiger partial charge in [-0.2, -0.15) is 0 Å². The predicted molar refractivity (Wildman–Crippen MR) is 37.6 cm³/mol. The maximum atomic E-state index is 12.3. The highest BCUT2D eigenvalue weighted by molar-refractivity contribution is 5.03. The topological polar surface area (TPSA) is 35.2 Å². The van der Waals surface area contributed by atoms with Gasteiger partial charge < -0.3 is 10.5 Å². The fraction of sp³-hybridized carbons (Fsp3) is 1.00. The molecule has 1 rings (SSSR count). The van der Waals surface area contributed by atoms with Crippen molar-refractivity contribution >= 4 is 0 Å². The van der Waals surface area contributed by atoms with E-state index in [0.29, 0.717) is 13.0 Å². The third kappa shape index (κ3) is 2.10. The van der Waals surface area contributed by atoms with E-state index in [9.17, 15) is 8.78 Å². The first-order chi connectivity index (χ1) is 4.97. The van der Waals surface area contributed by atoms with Crippen LogP contribution in [0.3, 0.4) is 0 Å². The van der Waals surface area contributed by atoms with Crippen molar-refractivity contribution < 1.29 is 13.5 Å². The number of nitrogens with two attached hydrogens (primary N) is 1. The van der Waals surface area contributed by atoms with E-state index in [2.05, 4.69) is 0 Å². The summed E-state index contributed by atoms with van der Waals surface area (Å²) >= 11 is 0. The summed E-state index contributed by atoms with van der Waals surface area (Å²) in [4.78, 5) is 0. The predicted octanol–water partition coefficient (Wildman–Crippen LogP) is 1.15. The number of alkyl halides is 2. The van der Waals surface area contributed by atoms with Gasteiger partial charge in [-0.3, -0.25) is 0 Å². The van der Waals surface area contributed by atoms with Crippen molar-refractivity contribution in [3.05, 3.63) is 0 Å². The van der Waals surface area contributed by atoms with E-state index in [1.807, 2.05) is 0 Å². The van der Waals surface area contributed by atoms with Gasteiger partial charge in [0.15, 0.2) is 0 Å². The quantitative estimate of drug-likeness (QED) is 0.680. The fourth-order valence-corrected chi connectivity index (χ4v) is 1.46. The molecule has 0 spiro atoms. The van der Waals surface area contributed by atoms with Crippen molar-refractivity contribution in [1.82, 2.24) is 0 Å². The third-order valence-corrected chi connectivity index (χ3v) is 2.03. The van der Waals surface area contributed by atoms with Gasteiger partial charge in [0.05, 0.1) is 0 Å². The number of ether oxygens (including phenoxy) is 1. The van der Waals surface area contributed by atoms with Crippen LogP contribution in [0.1, 0.15) is 19.3 Å². The summed E-state index contributed by atoms with van der Waals surface area (Å²) in [6.45, 7) is 0.465. The van der Waals surface area contributed by atoms with Crippen LogP contribution in [0.25, 0.3) is 0 Å². The van der Waals surface area contributed by atoms with Gasteiger partial charge in [-0.25, -0.2) is 8.78 Å². The molecule has 0 saturated heterocycles. The molecule has 66 valence electrons. The standard InChI is InChI=1S/C7H13F2NO/c1-11-3-2-6(10)4-7(8,9)5-6/h2-5,10H2,1H3. The largest absolute Gasteiger partial charge is 0.385 e. The summed E-state index contributed by atoms with van der Waals surface area (Å²) in [6.07, 6.45) is 0.145. The lowest BCUT2D eigenvalue weighted by atomic mass is 9.72. The van der Waals surface area contributed by atoms with Gasteiger partial charge in [-0.15, -0.1) is 0 Å². The molecule has 0 aromatic carbocycles. The van der Waals surface area contributed by atoms with E-state index in [1.54, 1.807) is 7.11 Å². The third-order valence-electron chi connectivity index (χ3n) is 2.03. The lowest BCUT2D eigenvalue weighted by molar-refractivity contribution is -0.127. The number of methoxy groups -OCH3 is 1. The highest BCUT2D eigenvalue weighted by atomic mass is 19.3. The summed E-state index contributed by atoms with van der Waals surface area (Å²) in [5, 5.41) is 0. The van der Waals surface area contributed by atoms with Gasteiger partial charge in [0.25, 0.3) is 5.92 Å². The average Bonchev–Trinajstić information content (AvgIpc) is 1.79. The SMILES string of the molecule is COCCC1(N)CC(F)(F)C1. The van der Waals surface area contributed by atoms with Crippen molar-refractivity contribution in [3.63, 3.8) is 0 Å². The summed E-state index contributed by atoms with van der Waals surface area (Å²) in [5.74, 6) is -2.53. The molecular formula is C7H13F2NO. The first-order valence-corrected chi connectivity index (χ1v) is 3.63. The van der Waals surface area contributed by atoms with Crippen molar-refractivity contribution in [2.45, 2.75) is 30.7 Å². The molecular weight excluding hydrogens is 152 g/mol. The molecule has 0 unspecified atom stereocenters. The van der Waals surface area contributed by atoms with Gasteiger partial charge >= 0.3 is 0 Å². The molecule has 0 aromatic rings. The van der Waals surface area contributed by atoms with Gasteiger partial charge in [0, 0.05) is 32.1 Å². The first-order valence-electron chi connectivity index (χ1n) is 3.63. The molecule has 1 aliphatic rings. The summed E-state index contributed by atoms with van der Waals surface area (Å²) in [5.41, 5.74) is 4.94. The van der Waals surface area contributed by atoms with E-state index < -0.39 is 11.5 Å². The van der Waals surface area contributed by atoms with Crippen LogP contribution in [-0.2, 0) is 4.74 Å². The molecule has 0 atom stereocenters. The Kier molecular flexibility index (Phi) is 2.16. The second-order valence-corrected chi connectivity index (χ2v) is 3.31. The van der Waals surface area contributed by atoms with Gasteiger partial charge in [0.2, 0.25) is 0 Å². The Morgan fingerprint density at radius 3 is 2.36 bits per heavy atom. The molecule has 0 aliphatic heterocycles. The average molecular weight is 165 g/mol. The maximum Gasteiger partial charge on any atom is 0.251 e. The smallest absolute Gasteiger partial charge is 0.251 e. The zero-order valence-corrected chi connectivity index (χ0v) is 6.57. The molecule has 0 heterocycles. The van der Waals surface area contributed by atoms with E-state index >= 15 is 0 Å². The first kappa shape index (κ1) is 8.87. The summed E-state index contributed by atoms with van der Waals surface area (Å²) < 4.78 is 29.4. The van der Waals surface area contributed by atoms with Gasteiger partial charge in [0.1, 0.15) is 0 Å². The molecule has 1 fully saturated rings. The maximum absolute atomic E-state index is 12.3. The molecule has 2 N–H and O–H groups in total.